The summed E-state index contributed by atoms with van der Waals surface area (Å²) in [5, 5.41) is 2.70. The lowest BCUT2D eigenvalue weighted by Crippen LogP contribution is -2.07. The van der Waals surface area contributed by atoms with Gasteiger partial charge in [-0.25, -0.2) is 0 Å². The second-order valence-corrected chi connectivity index (χ2v) is 4.62. The van der Waals surface area contributed by atoms with Gasteiger partial charge in [-0.2, -0.15) is 0 Å². The summed E-state index contributed by atoms with van der Waals surface area (Å²) >= 11 is 0. The van der Waals surface area contributed by atoms with Crippen LogP contribution in [-0.4, -0.2) is 10.9 Å². The van der Waals surface area contributed by atoms with Crippen LogP contribution in [0.2, 0.25) is 0 Å². The number of nitrogen functional groups attached to an aromatic ring is 1. The van der Waals surface area contributed by atoms with Gasteiger partial charge < -0.3 is 11.1 Å². The third kappa shape index (κ3) is 3.45. The topological polar surface area (TPSA) is 68.0 Å². The van der Waals surface area contributed by atoms with E-state index < -0.39 is 0 Å². The maximum atomic E-state index is 11.2. The van der Waals surface area contributed by atoms with E-state index >= 15 is 0 Å². The van der Waals surface area contributed by atoms with Crippen molar-refractivity contribution in [1.82, 2.24) is 4.98 Å². The SMILES string of the molecule is C=CC(=O)Nc1ccc(Cc2ncc(C)cc2N)cc1. The van der Waals surface area contributed by atoms with Gasteiger partial charge in [-0.3, -0.25) is 9.78 Å². The predicted octanol–water partition coefficient (Wildman–Crippen LogP) is 2.69. The van der Waals surface area contributed by atoms with E-state index in [2.05, 4.69) is 16.9 Å². The average molecular weight is 267 g/mol. The molecule has 1 amide bonds. The van der Waals surface area contributed by atoms with E-state index in [1.54, 1.807) is 0 Å². The van der Waals surface area contributed by atoms with Gasteiger partial charge in [-0.1, -0.05) is 18.7 Å². The fraction of sp³-hybridized carbons (Fsp3) is 0.125. The van der Waals surface area contributed by atoms with Crippen molar-refractivity contribution in [3.8, 4) is 0 Å². The van der Waals surface area contributed by atoms with Gasteiger partial charge in [0.2, 0.25) is 5.91 Å². The smallest absolute Gasteiger partial charge is 0.247 e. The number of rotatable bonds is 4. The number of carbonyl (C=O) groups excluding carboxylic acids is 1. The lowest BCUT2D eigenvalue weighted by Gasteiger charge is -2.07. The van der Waals surface area contributed by atoms with Gasteiger partial charge in [0, 0.05) is 18.3 Å². The molecule has 0 aliphatic rings. The standard InChI is InChI=1S/C16H17N3O/c1-3-16(20)19-13-6-4-12(5-7-13)9-15-14(17)8-11(2)10-18-15/h3-8,10H,1,9,17H2,2H3,(H,19,20). The summed E-state index contributed by atoms with van der Waals surface area (Å²) in [5.74, 6) is -0.220. The molecule has 0 saturated carbocycles. The largest absolute Gasteiger partial charge is 0.397 e. The van der Waals surface area contributed by atoms with Gasteiger partial charge in [-0.15, -0.1) is 0 Å². The highest BCUT2D eigenvalue weighted by molar-refractivity contribution is 5.98. The number of carbonyl (C=O) groups is 1. The third-order valence-corrected chi connectivity index (χ3v) is 2.92. The van der Waals surface area contributed by atoms with Crippen molar-refractivity contribution < 1.29 is 4.79 Å². The fourth-order valence-corrected chi connectivity index (χ4v) is 1.86. The molecule has 1 heterocycles. The number of nitrogens with two attached hydrogens (primary N) is 1. The zero-order valence-electron chi connectivity index (χ0n) is 11.4. The number of amides is 1. The van der Waals surface area contributed by atoms with Gasteiger partial charge in [-0.05, 0) is 42.3 Å². The van der Waals surface area contributed by atoms with Crippen LogP contribution in [-0.2, 0) is 11.2 Å². The van der Waals surface area contributed by atoms with Crippen molar-refractivity contribution in [1.29, 1.82) is 0 Å². The number of nitrogens with one attached hydrogen (secondary N) is 1. The molecule has 4 heteroatoms. The Bertz CT molecular complexity index is 633. The van der Waals surface area contributed by atoms with E-state index in [0.29, 0.717) is 12.1 Å². The molecule has 0 bridgehead atoms. The van der Waals surface area contributed by atoms with Crippen LogP contribution in [0.3, 0.4) is 0 Å². The van der Waals surface area contributed by atoms with E-state index in [9.17, 15) is 4.79 Å². The Labute approximate surface area is 118 Å². The number of hydrogen-bond acceptors (Lipinski definition) is 3. The Morgan fingerprint density at radius 1 is 1.40 bits per heavy atom. The van der Waals surface area contributed by atoms with E-state index in [0.717, 1.165) is 22.5 Å². The summed E-state index contributed by atoms with van der Waals surface area (Å²) < 4.78 is 0. The average Bonchev–Trinajstić information content (AvgIpc) is 2.44. The minimum atomic E-state index is -0.220. The Kier molecular flexibility index (Phi) is 4.15. The number of nitrogens with zero attached hydrogens (tertiary/aromatic N) is 1. The highest BCUT2D eigenvalue weighted by Gasteiger charge is 2.03. The molecule has 102 valence electrons. The first kappa shape index (κ1) is 13.8. The summed E-state index contributed by atoms with van der Waals surface area (Å²) in [7, 11) is 0. The number of aromatic nitrogens is 1. The lowest BCUT2D eigenvalue weighted by molar-refractivity contribution is -0.111. The summed E-state index contributed by atoms with van der Waals surface area (Å²) in [5.41, 5.74) is 10.4. The maximum Gasteiger partial charge on any atom is 0.247 e. The molecule has 0 aliphatic heterocycles. The van der Waals surface area contributed by atoms with Gasteiger partial charge in [0.15, 0.2) is 0 Å². The maximum absolute atomic E-state index is 11.2. The first-order valence-electron chi connectivity index (χ1n) is 6.32. The van der Waals surface area contributed by atoms with Crippen LogP contribution < -0.4 is 11.1 Å². The molecule has 0 spiro atoms. The number of benzene rings is 1. The van der Waals surface area contributed by atoms with E-state index in [1.807, 2.05) is 43.5 Å². The quantitative estimate of drug-likeness (QED) is 0.837. The van der Waals surface area contributed by atoms with Crippen LogP contribution in [0.15, 0.2) is 49.2 Å². The molecular formula is C16H17N3O. The molecule has 1 aromatic heterocycles. The Morgan fingerprint density at radius 2 is 2.10 bits per heavy atom. The Hall–Kier alpha value is -2.62. The van der Waals surface area contributed by atoms with Crippen molar-refractivity contribution in [2.24, 2.45) is 0 Å². The minimum Gasteiger partial charge on any atom is -0.397 e. The van der Waals surface area contributed by atoms with Gasteiger partial charge >= 0.3 is 0 Å². The molecule has 4 nitrogen and oxygen atoms in total. The van der Waals surface area contributed by atoms with Crippen LogP contribution in [0.1, 0.15) is 16.8 Å². The number of aryl methyl sites for hydroxylation is 1. The molecule has 0 fully saturated rings. The van der Waals surface area contributed by atoms with Crippen LogP contribution in [0.4, 0.5) is 11.4 Å². The van der Waals surface area contributed by atoms with Crippen molar-refractivity contribution in [2.45, 2.75) is 13.3 Å². The molecule has 2 rings (SSSR count). The number of pyridine rings is 1. The molecule has 0 atom stereocenters. The van der Waals surface area contributed by atoms with Crippen LogP contribution >= 0.6 is 0 Å². The highest BCUT2D eigenvalue weighted by Crippen LogP contribution is 2.17. The summed E-state index contributed by atoms with van der Waals surface area (Å²) in [6.45, 7) is 5.38. The molecule has 3 N–H and O–H groups in total. The summed E-state index contributed by atoms with van der Waals surface area (Å²) in [6.07, 6.45) is 3.72. The molecule has 0 saturated heterocycles. The van der Waals surface area contributed by atoms with Crippen molar-refractivity contribution >= 4 is 17.3 Å². The molecule has 0 radical (unpaired) electrons. The zero-order chi connectivity index (χ0) is 14.5. The summed E-state index contributed by atoms with van der Waals surface area (Å²) in [4.78, 5) is 15.5. The molecule has 20 heavy (non-hydrogen) atoms. The van der Waals surface area contributed by atoms with Gasteiger partial charge in [0.05, 0.1) is 11.4 Å². The normalized spacial score (nSPS) is 10.1. The van der Waals surface area contributed by atoms with Crippen molar-refractivity contribution in [3.05, 3.63) is 66.0 Å². The van der Waals surface area contributed by atoms with Gasteiger partial charge in [0.25, 0.3) is 0 Å². The molecular weight excluding hydrogens is 250 g/mol. The van der Waals surface area contributed by atoms with Crippen molar-refractivity contribution in [3.63, 3.8) is 0 Å². The number of hydrogen-bond donors (Lipinski definition) is 2. The zero-order valence-corrected chi connectivity index (χ0v) is 11.4. The van der Waals surface area contributed by atoms with E-state index in [1.165, 1.54) is 6.08 Å². The van der Waals surface area contributed by atoms with Gasteiger partial charge in [0.1, 0.15) is 0 Å². The second kappa shape index (κ2) is 6.02. The Balaban J connectivity index is 2.10. The molecule has 2 aromatic rings. The predicted molar refractivity (Wildman–Crippen MR) is 81.5 cm³/mol. The van der Waals surface area contributed by atoms with Crippen LogP contribution in [0.25, 0.3) is 0 Å². The lowest BCUT2D eigenvalue weighted by atomic mass is 10.1. The monoisotopic (exact) mass is 267 g/mol. The van der Waals surface area contributed by atoms with Crippen molar-refractivity contribution in [2.75, 3.05) is 11.1 Å². The molecule has 0 unspecified atom stereocenters. The Morgan fingerprint density at radius 3 is 2.70 bits per heavy atom. The third-order valence-electron chi connectivity index (χ3n) is 2.92. The van der Waals surface area contributed by atoms with Crippen LogP contribution in [0, 0.1) is 6.92 Å². The van der Waals surface area contributed by atoms with E-state index in [-0.39, 0.29) is 5.91 Å². The number of anilines is 2. The summed E-state index contributed by atoms with van der Waals surface area (Å²) in [6, 6.07) is 9.50. The first-order chi connectivity index (χ1) is 9.58. The fourth-order valence-electron chi connectivity index (χ4n) is 1.86. The molecule has 0 aliphatic carbocycles. The molecule has 1 aromatic carbocycles. The first-order valence-corrected chi connectivity index (χ1v) is 6.32. The highest BCUT2D eigenvalue weighted by atomic mass is 16.1. The second-order valence-electron chi connectivity index (χ2n) is 4.62. The van der Waals surface area contributed by atoms with E-state index in [4.69, 9.17) is 5.73 Å². The minimum absolute atomic E-state index is 0.220. The van der Waals surface area contributed by atoms with Crippen LogP contribution in [0.5, 0.6) is 0 Å².